The predicted molar refractivity (Wildman–Crippen MR) is 136 cm³/mol. The van der Waals surface area contributed by atoms with E-state index in [0.29, 0.717) is 11.6 Å². The fraction of sp³-hybridized carbons (Fsp3) is 0.407. The molecule has 1 saturated heterocycles. The fourth-order valence-corrected chi connectivity index (χ4v) is 3.74. The zero-order chi connectivity index (χ0) is 24.3. The van der Waals surface area contributed by atoms with Crippen LogP contribution < -0.4 is 21.4 Å². The average Bonchev–Trinajstić information content (AvgIpc) is 2.87. The van der Waals surface area contributed by atoms with Gasteiger partial charge in [0.2, 0.25) is 0 Å². The third-order valence-corrected chi connectivity index (χ3v) is 5.75. The molecule has 188 valence electrons. The van der Waals surface area contributed by atoms with Crippen molar-refractivity contribution in [1.29, 1.82) is 0 Å². The molecule has 0 radical (unpaired) electrons. The van der Waals surface area contributed by atoms with Crippen molar-refractivity contribution in [2.45, 2.75) is 58.3 Å². The summed E-state index contributed by atoms with van der Waals surface area (Å²) in [6.45, 7) is 4.26. The first-order valence-electron chi connectivity index (χ1n) is 11.5. The average molecular weight is 481 g/mol. The lowest BCUT2D eigenvalue weighted by molar-refractivity contribution is -0.133. The van der Waals surface area contributed by atoms with Gasteiger partial charge in [-0.3, -0.25) is 14.8 Å². The van der Waals surface area contributed by atoms with Crippen LogP contribution in [0.3, 0.4) is 0 Å². The number of nitrogens with one attached hydrogen (secondary N) is 4. The molecule has 0 spiro atoms. The van der Waals surface area contributed by atoms with E-state index >= 15 is 0 Å². The monoisotopic (exact) mass is 480 g/mol. The molecule has 3 atom stereocenters. The molecule has 0 saturated carbocycles. The lowest BCUT2D eigenvalue weighted by Crippen LogP contribution is -2.51. The van der Waals surface area contributed by atoms with Crippen LogP contribution in [0, 0.1) is 11.8 Å². The maximum absolute atomic E-state index is 12.3. The smallest absolute Gasteiger partial charge is 0.268 e. The lowest BCUT2D eigenvalue weighted by atomic mass is 10.0. The van der Waals surface area contributed by atoms with Crippen molar-refractivity contribution >= 4 is 11.8 Å². The number of aliphatic hydroxyl groups excluding tert-OH is 1. The molecule has 0 aromatic heterocycles. The minimum absolute atomic E-state index is 0. The van der Waals surface area contributed by atoms with Gasteiger partial charge in [-0.1, -0.05) is 37.8 Å². The molecule has 8 heteroatoms. The summed E-state index contributed by atoms with van der Waals surface area (Å²) in [6.07, 6.45) is 2.64. The summed E-state index contributed by atoms with van der Waals surface area (Å²) in [7, 11) is 0. The van der Waals surface area contributed by atoms with Crippen molar-refractivity contribution in [1.82, 2.24) is 21.4 Å². The molecule has 8 nitrogen and oxygen atoms in total. The number of aliphatic hydroxyl groups is 1. The Hall–Kier alpha value is -3.22. The minimum atomic E-state index is -1.26. The Morgan fingerprint density at radius 3 is 2.23 bits per heavy atom. The number of benzene rings is 2. The topological polar surface area (TPSA) is 123 Å². The summed E-state index contributed by atoms with van der Waals surface area (Å²) in [4.78, 5) is 23.9. The maximum Gasteiger partial charge on any atom is 0.268 e. The number of carbonyl (C=O) groups excluding carboxylic acids is 2. The van der Waals surface area contributed by atoms with Gasteiger partial charge in [0.05, 0.1) is 6.10 Å². The predicted octanol–water partition coefficient (Wildman–Crippen LogP) is 1.94. The van der Waals surface area contributed by atoms with Crippen LogP contribution in [0.5, 0.6) is 0 Å². The Balaban J connectivity index is 0.00000432. The molecule has 0 aliphatic carbocycles. The van der Waals surface area contributed by atoms with E-state index in [1.54, 1.807) is 24.3 Å². The van der Waals surface area contributed by atoms with Gasteiger partial charge in [-0.15, -0.1) is 0 Å². The lowest BCUT2D eigenvalue weighted by Gasteiger charge is -2.23. The number of rotatable bonds is 8. The molecular weight excluding hydrogens is 444 g/mol. The molecule has 1 unspecified atom stereocenters. The van der Waals surface area contributed by atoms with Crippen LogP contribution in [0.2, 0.25) is 0 Å². The van der Waals surface area contributed by atoms with Crippen molar-refractivity contribution < 1.29 is 19.9 Å². The van der Waals surface area contributed by atoms with E-state index in [-0.39, 0.29) is 7.43 Å². The molecule has 0 bridgehead atoms. The molecule has 1 aliphatic heterocycles. The van der Waals surface area contributed by atoms with Gasteiger partial charge in [0.25, 0.3) is 11.8 Å². The Labute approximate surface area is 207 Å². The van der Waals surface area contributed by atoms with E-state index in [1.165, 1.54) is 37.2 Å². The highest BCUT2D eigenvalue weighted by molar-refractivity contribution is 5.97. The highest BCUT2D eigenvalue weighted by atomic mass is 16.5. The third-order valence-electron chi connectivity index (χ3n) is 5.75. The van der Waals surface area contributed by atoms with Crippen LogP contribution in [0.25, 0.3) is 0 Å². The van der Waals surface area contributed by atoms with Crippen molar-refractivity contribution in [3.63, 3.8) is 0 Å². The van der Waals surface area contributed by atoms with E-state index in [2.05, 4.69) is 39.9 Å². The standard InChI is InChI=1S/C26H32N4O4.CH4/c1-18(31)24(26(33)30-34)29-25(32)22-13-11-20(12-14-22)6-5-19-7-9-21(10-8-19)16-27-17-23-4-2-3-15-28-23;/h7-14,18,23-24,27-28,31,34H,2-4,15-17H2,1H3,(H,29,32)(H,30,33);1H4/t18-,23?,24+;/m1./s1. The highest BCUT2D eigenvalue weighted by Gasteiger charge is 2.25. The number of hydroxylamine groups is 1. The molecule has 1 fully saturated rings. The molecule has 2 aromatic rings. The summed E-state index contributed by atoms with van der Waals surface area (Å²) >= 11 is 0. The first-order chi connectivity index (χ1) is 16.5. The van der Waals surface area contributed by atoms with Crippen LogP contribution in [-0.4, -0.2) is 53.4 Å². The summed E-state index contributed by atoms with van der Waals surface area (Å²) in [5.74, 6) is 4.76. The molecular formula is C27H36N4O4. The van der Waals surface area contributed by atoms with Crippen LogP contribution >= 0.6 is 0 Å². The number of carbonyl (C=O) groups is 2. The fourth-order valence-electron chi connectivity index (χ4n) is 3.74. The van der Waals surface area contributed by atoms with E-state index in [0.717, 1.165) is 30.8 Å². The van der Waals surface area contributed by atoms with Crippen molar-refractivity contribution in [3.8, 4) is 11.8 Å². The van der Waals surface area contributed by atoms with E-state index < -0.39 is 24.0 Å². The van der Waals surface area contributed by atoms with Gasteiger partial charge in [-0.05, 0) is 68.3 Å². The third kappa shape index (κ3) is 8.81. The second kappa shape index (κ2) is 14.2. The second-order valence-corrected chi connectivity index (χ2v) is 8.47. The minimum Gasteiger partial charge on any atom is -0.391 e. The highest BCUT2D eigenvalue weighted by Crippen LogP contribution is 2.08. The molecule has 2 aromatic carbocycles. The Morgan fingerprint density at radius 2 is 1.69 bits per heavy atom. The number of piperidine rings is 1. The van der Waals surface area contributed by atoms with Gasteiger partial charge in [0, 0.05) is 35.8 Å². The Bertz CT molecular complexity index is 1000. The van der Waals surface area contributed by atoms with Gasteiger partial charge in [-0.2, -0.15) is 0 Å². The number of hydrogen-bond donors (Lipinski definition) is 6. The largest absolute Gasteiger partial charge is 0.391 e. The summed E-state index contributed by atoms with van der Waals surface area (Å²) in [5.41, 5.74) is 4.59. The van der Waals surface area contributed by atoms with Crippen LogP contribution in [0.4, 0.5) is 0 Å². The van der Waals surface area contributed by atoms with Crippen LogP contribution in [0.15, 0.2) is 48.5 Å². The molecule has 3 rings (SSSR count). The molecule has 2 amide bonds. The van der Waals surface area contributed by atoms with E-state index in [4.69, 9.17) is 5.21 Å². The molecule has 1 heterocycles. The maximum atomic E-state index is 12.3. The van der Waals surface area contributed by atoms with Gasteiger partial charge >= 0.3 is 0 Å². The molecule has 6 N–H and O–H groups in total. The normalized spacial score (nSPS) is 16.6. The van der Waals surface area contributed by atoms with Crippen LogP contribution in [0.1, 0.15) is 60.7 Å². The van der Waals surface area contributed by atoms with E-state index in [9.17, 15) is 14.7 Å². The van der Waals surface area contributed by atoms with Crippen molar-refractivity contribution in [3.05, 3.63) is 70.8 Å². The number of hydrogen-bond acceptors (Lipinski definition) is 6. The Kier molecular flexibility index (Phi) is 11.4. The van der Waals surface area contributed by atoms with E-state index in [1.807, 2.05) is 12.1 Å². The SMILES string of the molecule is C.C[C@@H](O)[C@H](NC(=O)c1ccc(C#Cc2ccc(CNCC3CCCCN3)cc2)cc1)C(=O)NO. The van der Waals surface area contributed by atoms with Crippen molar-refractivity contribution in [2.75, 3.05) is 13.1 Å². The first kappa shape index (κ1) is 28.0. The summed E-state index contributed by atoms with van der Waals surface area (Å²) in [5, 5.41) is 27.8. The van der Waals surface area contributed by atoms with Crippen LogP contribution in [-0.2, 0) is 11.3 Å². The van der Waals surface area contributed by atoms with Gasteiger partial charge in [0.1, 0.15) is 6.04 Å². The first-order valence-corrected chi connectivity index (χ1v) is 11.5. The molecule has 35 heavy (non-hydrogen) atoms. The zero-order valence-electron chi connectivity index (χ0n) is 19.3. The molecule has 1 aliphatic rings. The summed E-state index contributed by atoms with van der Waals surface area (Å²) in [6, 6.07) is 14.0. The quantitative estimate of drug-likeness (QED) is 0.195. The summed E-state index contributed by atoms with van der Waals surface area (Å²) < 4.78 is 0. The van der Waals surface area contributed by atoms with Crippen molar-refractivity contribution in [2.24, 2.45) is 0 Å². The van der Waals surface area contributed by atoms with Gasteiger partial charge < -0.3 is 21.1 Å². The zero-order valence-corrected chi connectivity index (χ0v) is 19.3. The second-order valence-electron chi connectivity index (χ2n) is 8.47. The van der Waals surface area contributed by atoms with Gasteiger partial charge in [0.15, 0.2) is 0 Å². The Morgan fingerprint density at radius 1 is 1.06 bits per heavy atom. The number of amides is 2. The van der Waals surface area contributed by atoms with Gasteiger partial charge in [-0.25, -0.2) is 5.48 Å².